The van der Waals surface area contributed by atoms with Crippen LogP contribution in [0.4, 0.5) is 0 Å². The Morgan fingerprint density at radius 2 is 1.88 bits per heavy atom. The van der Waals surface area contributed by atoms with E-state index in [4.69, 9.17) is 11.6 Å². The first kappa shape index (κ1) is 15.9. The molecule has 0 radical (unpaired) electrons. The lowest BCUT2D eigenvalue weighted by atomic mass is 10.2. The Hall–Kier alpha value is -2.99. The van der Waals surface area contributed by atoms with Crippen molar-refractivity contribution >= 4 is 23.6 Å². The second-order valence-electron chi connectivity index (χ2n) is 4.95. The van der Waals surface area contributed by atoms with Gasteiger partial charge in [-0.1, -0.05) is 41.9 Å². The number of nitrogens with zero attached hydrogens (tertiary/aromatic N) is 4. The van der Waals surface area contributed by atoms with E-state index in [2.05, 4.69) is 20.8 Å². The fraction of sp³-hybridized carbons (Fsp3) is 0.0588. The van der Waals surface area contributed by atoms with Crippen molar-refractivity contribution < 1.29 is 4.79 Å². The summed E-state index contributed by atoms with van der Waals surface area (Å²) in [6.07, 6.45) is 3.23. The lowest BCUT2D eigenvalue weighted by molar-refractivity contribution is -0.116. The summed E-state index contributed by atoms with van der Waals surface area (Å²) < 4.78 is 1.55. The molecule has 1 N–H and O–H groups in total. The minimum atomic E-state index is -0.218. The zero-order chi connectivity index (χ0) is 16.8. The number of nitrogens with one attached hydrogen (secondary N) is 1. The van der Waals surface area contributed by atoms with Crippen LogP contribution < -0.4 is 5.32 Å². The molecule has 1 aromatic heterocycles. The molecule has 0 atom stereocenters. The SMILES string of the molecule is O=C(C=Cc1ccccc1)NCc1nnnn1-c1ccc(Cl)cc1. The molecule has 3 aromatic rings. The fourth-order valence-electron chi connectivity index (χ4n) is 2.06. The quantitative estimate of drug-likeness (QED) is 0.725. The van der Waals surface area contributed by atoms with Crippen molar-refractivity contribution in [2.45, 2.75) is 6.54 Å². The zero-order valence-electron chi connectivity index (χ0n) is 12.6. The van der Waals surface area contributed by atoms with Crippen LogP contribution in [0.15, 0.2) is 60.7 Å². The van der Waals surface area contributed by atoms with Gasteiger partial charge in [0.05, 0.1) is 12.2 Å². The number of benzene rings is 2. The minimum absolute atomic E-state index is 0.216. The zero-order valence-corrected chi connectivity index (χ0v) is 13.4. The molecule has 0 spiro atoms. The number of aromatic nitrogens is 4. The van der Waals surface area contributed by atoms with Crippen molar-refractivity contribution in [1.29, 1.82) is 0 Å². The van der Waals surface area contributed by atoms with Gasteiger partial charge in [0.25, 0.3) is 0 Å². The minimum Gasteiger partial charge on any atom is -0.345 e. The molecule has 7 heteroatoms. The topological polar surface area (TPSA) is 72.7 Å². The Morgan fingerprint density at radius 1 is 1.12 bits per heavy atom. The molecule has 0 unspecified atom stereocenters. The number of tetrazole rings is 1. The van der Waals surface area contributed by atoms with Gasteiger partial charge < -0.3 is 5.32 Å². The normalized spacial score (nSPS) is 10.9. The highest BCUT2D eigenvalue weighted by Crippen LogP contribution is 2.13. The number of hydrogen-bond donors (Lipinski definition) is 1. The van der Waals surface area contributed by atoms with Gasteiger partial charge in [0.2, 0.25) is 5.91 Å². The van der Waals surface area contributed by atoms with E-state index in [9.17, 15) is 4.79 Å². The Labute approximate surface area is 143 Å². The molecule has 2 aromatic carbocycles. The number of amides is 1. The monoisotopic (exact) mass is 339 g/mol. The summed E-state index contributed by atoms with van der Waals surface area (Å²) in [5, 5.41) is 14.9. The van der Waals surface area contributed by atoms with Crippen molar-refractivity contribution in [3.05, 3.63) is 77.1 Å². The molecule has 3 rings (SSSR count). The number of carbonyl (C=O) groups is 1. The molecular weight excluding hydrogens is 326 g/mol. The molecule has 0 aliphatic rings. The second kappa shape index (κ2) is 7.52. The molecule has 0 fully saturated rings. The van der Waals surface area contributed by atoms with Crippen LogP contribution >= 0.6 is 11.6 Å². The fourth-order valence-corrected chi connectivity index (χ4v) is 2.19. The van der Waals surface area contributed by atoms with Gasteiger partial charge in [-0.2, -0.15) is 4.68 Å². The summed E-state index contributed by atoms with van der Waals surface area (Å²) in [4.78, 5) is 11.9. The first-order valence-electron chi connectivity index (χ1n) is 7.26. The molecule has 1 amide bonds. The summed E-state index contributed by atoms with van der Waals surface area (Å²) in [7, 11) is 0. The van der Waals surface area contributed by atoms with Crippen LogP contribution in [-0.4, -0.2) is 26.1 Å². The van der Waals surface area contributed by atoms with Gasteiger partial charge in [-0.25, -0.2) is 0 Å². The maximum Gasteiger partial charge on any atom is 0.244 e. The van der Waals surface area contributed by atoms with Crippen molar-refractivity contribution in [3.63, 3.8) is 0 Å². The molecule has 0 saturated carbocycles. The predicted octanol–water partition coefficient (Wildman–Crippen LogP) is 2.65. The van der Waals surface area contributed by atoms with Crippen LogP contribution in [0.2, 0.25) is 5.02 Å². The summed E-state index contributed by atoms with van der Waals surface area (Å²) in [6, 6.07) is 16.7. The molecule has 0 saturated heterocycles. The Morgan fingerprint density at radius 3 is 2.62 bits per heavy atom. The third-order valence-electron chi connectivity index (χ3n) is 3.25. The first-order valence-corrected chi connectivity index (χ1v) is 7.64. The van der Waals surface area contributed by atoms with E-state index < -0.39 is 0 Å². The molecule has 0 aliphatic heterocycles. The smallest absolute Gasteiger partial charge is 0.244 e. The Bertz CT molecular complexity index is 843. The number of halogens is 1. The number of carbonyl (C=O) groups excluding carboxylic acids is 1. The van der Waals surface area contributed by atoms with E-state index in [1.54, 1.807) is 35.0 Å². The van der Waals surface area contributed by atoms with Gasteiger partial charge in [0.15, 0.2) is 5.82 Å². The van der Waals surface area contributed by atoms with E-state index in [-0.39, 0.29) is 12.5 Å². The van der Waals surface area contributed by atoms with Gasteiger partial charge in [-0.05, 0) is 46.3 Å². The number of hydrogen-bond acceptors (Lipinski definition) is 4. The first-order chi connectivity index (χ1) is 11.7. The molecule has 24 heavy (non-hydrogen) atoms. The summed E-state index contributed by atoms with van der Waals surface area (Å²) in [5.41, 5.74) is 1.73. The van der Waals surface area contributed by atoms with Gasteiger partial charge in [0, 0.05) is 11.1 Å². The highest BCUT2D eigenvalue weighted by Gasteiger charge is 2.08. The summed E-state index contributed by atoms with van der Waals surface area (Å²) in [5.74, 6) is 0.309. The van der Waals surface area contributed by atoms with Crippen LogP contribution in [0.25, 0.3) is 11.8 Å². The summed E-state index contributed by atoms with van der Waals surface area (Å²) >= 11 is 5.88. The van der Waals surface area contributed by atoms with Gasteiger partial charge >= 0.3 is 0 Å². The molecule has 0 bridgehead atoms. The molecule has 120 valence electrons. The van der Waals surface area contributed by atoms with Crippen molar-refractivity contribution in [2.75, 3.05) is 0 Å². The van der Waals surface area contributed by atoms with E-state index in [0.717, 1.165) is 11.3 Å². The van der Waals surface area contributed by atoms with E-state index >= 15 is 0 Å². The third-order valence-corrected chi connectivity index (χ3v) is 3.50. The van der Waals surface area contributed by atoms with Gasteiger partial charge in [0.1, 0.15) is 0 Å². The Kier molecular flexibility index (Phi) is 4.98. The largest absolute Gasteiger partial charge is 0.345 e. The van der Waals surface area contributed by atoms with Crippen molar-refractivity contribution in [1.82, 2.24) is 25.5 Å². The second-order valence-corrected chi connectivity index (χ2v) is 5.38. The highest BCUT2D eigenvalue weighted by atomic mass is 35.5. The Balaban J connectivity index is 1.63. The van der Waals surface area contributed by atoms with Crippen LogP contribution in [0, 0.1) is 0 Å². The van der Waals surface area contributed by atoms with Crippen molar-refractivity contribution in [3.8, 4) is 5.69 Å². The predicted molar refractivity (Wildman–Crippen MR) is 91.5 cm³/mol. The maximum absolute atomic E-state index is 11.9. The number of rotatable bonds is 5. The highest BCUT2D eigenvalue weighted by molar-refractivity contribution is 6.30. The van der Waals surface area contributed by atoms with E-state index in [1.165, 1.54) is 6.08 Å². The van der Waals surface area contributed by atoms with Crippen LogP contribution in [0.3, 0.4) is 0 Å². The van der Waals surface area contributed by atoms with Gasteiger partial charge in [-0.3, -0.25) is 4.79 Å². The van der Waals surface area contributed by atoms with Gasteiger partial charge in [-0.15, -0.1) is 5.10 Å². The standard InChI is InChI=1S/C17H14ClN5O/c18-14-7-9-15(10-8-14)23-16(20-21-22-23)12-19-17(24)11-6-13-4-2-1-3-5-13/h1-11H,12H2,(H,19,24). The third kappa shape index (κ3) is 4.05. The van der Waals surface area contributed by atoms with E-state index in [0.29, 0.717) is 10.8 Å². The average molecular weight is 340 g/mol. The summed E-state index contributed by atoms with van der Waals surface area (Å²) in [6.45, 7) is 0.216. The average Bonchev–Trinajstić information content (AvgIpc) is 3.08. The lowest BCUT2D eigenvalue weighted by Crippen LogP contribution is -2.22. The van der Waals surface area contributed by atoms with Crippen LogP contribution in [-0.2, 0) is 11.3 Å². The lowest BCUT2D eigenvalue weighted by Gasteiger charge is -2.05. The molecule has 6 nitrogen and oxygen atoms in total. The molecular formula is C17H14ClN5O. The maximum atomic E-state index is 11.9. The molecule has 1 heterocycles. The molecule has 0 aliphatic carbocycles. The van der Waals surface area contributed by atoms with Crippen LogP contribution in [0.1, 0.15) is 11.4 Å². The van der Waals surface area contributed by atoms with Crippen molar-refractivity contribution in [2.24, 2.45) is 0 Å². The van der Waals surface area contributed by atoms with E-state index in [1.807, 2.05) is 30.3 Å². The van der Waals surface area contributed by atoms with Crippen LogP contribution in [0.5, 0.6) is 0 Å².